The van der Waals surface area contributed by atoms with Crippen LogP contribution in [0.2, 0.25) is 0 Å². The van der Waals surface area contributed by atoms with Crippen molar-refractivity contribution in [3.8, 4) is 11.5 Å². The van der Waals surface area contributed by atoms with Crippen molar-refractivity contribution >= 4 is 12.1 Å². The molecule has 1 amide bonds. The van der Waals surface area contributed by atoms with Gasteiger partial charge in [0.25, 0.3) is 5.91 Å². The lowest BCUT2D eigenvalue weighted by Gasteiger charge is -1.95. The summed E-state index contributed by atoms with van der Waals surface area (Å²) >= 11 is 0. The van der Waals surface area contributed by atoms with Crippen LogP contribution in [-0.4, -0.2) is 22.3 Å². The summed E-state index contributed by atoms with van der Waals surface area (Å²) in [6, 6.07) is 10.9. The predicted octanol–water partition coefficient (Wildman–Crippen LogP) is 2.88. The van der Waals surface area contributed by atoms with E-state index in [1.54, 1.807) is 24.3 Å². The van der Waals surface area contributed by atoms with Gasteiger partial charge in [0, 0.05) is 6.07 Å². The highest BCUT2D eigenvalue weighted by atomic mass is 19.1. The van der Waals surface area contributed by atoms with Gasteiger partial charge in [-0.2, -0.15) is 10.2 Å². The van der Waals surface area contributed by atoms with Gasteiger partial charge in [-0.05, 0) is 36.8 Å². The van der Waals surface area contributed by atoms with Crippen LogP contribution < -0.4 is 5.43 Å². The zero-order chi connectivity index (χ0) is 16.2. The van der Waals surface area contributed by atoms with Crippen LogP contribution in [0.25, 0.3) is 11.5 Å². The molecular formula is C16H13FN4O2. The Labute approximate surface area is 131 Å². The molecular weight excluding hydrogens is 299 g/mol. The molecule has 0 aliphatic heterocycles. The number of H-pyrrole nitrogens is 1. The van der Waals surface area contributed by atoms with Crippen LogP contribution in [0.5, 0.6) is 0 Å². The maximum absolute atomic E-state index is 12.8. The molecule has 0 aliphatic carbocycles. The summed E-state index contributed by atoms with van der Waals surface area (Å²) in [4.78, 5) is 11.9. The Bertz CT molecular complexity index is 849. The molecule has 23 heavy (non-hydrogen) atoms. The highest BCUT2D eigenvalue weighted by Crippen LogP contribution is 2.20. The van der Waals surface area contributed by atoms with Crippen LogP contribution in [0.15, 0.2) is 52.0 Å². The molecule has 0 atom stereocenters. The van der Waals surface area contributed by atoms with Crippen LogP contribution in [0.1, 0.15) is 21.8 Å². The van der Waals surface area contributed by atoms with E-state index in [1.165, 1.54) is 18.3 Å². The minimum absolute atomic E-state index is 0.185. The van der Waals surface area contributed by atoms with E-state index in [9.17, 15) is 9.18 Å². The van der Waals surface area contributed by atoms with E-state index in [0.717, 1.165) is 5.76 Å². The molecule has 0 saturated carbocycles. The molecule has 0 unspecified atom stereocenters. The SMILES string of the molecule is Cc1ccc(-c2cc(C(=O)N/N=C\c3ccc(F)cc3)n[nH]2)o1. The van der Waals surface area contributed by atoms with Gasteiger partial charge < -0.3 is 4.42 Å². The summed E-state index contributed by atoms with van der Waals surface area (Å²) in [5.74, 6) is 0.575. The average molecular weight is 312 g/mol. The van der Waals surface area contributed by atoms with Gasteiger partial charge in [0.1, 0.15) is 17.3 Å². The highest BCUT2D eigenvalue weighted by molar-refractivity contribution is 5.93. The van der Waals surface area contributed by atoms with Crippen molar-refractivity contribution in [2.24, 2.45) is 5.10 Å². The molecule has 3 rings (SSSR count). The Balaban J connectivity index is 1.64. The van der Waals surface area contributed by atoms with Crippen molar-refractivity contribution in [2.45, 2.75) is 6.92 Å². The summed E-state index contributed by atoms with van der Waals surface area (Å²) in [6.07, 6.45) is 1.42. The number of carbonyl (C=O) groups is 1. The van der Waals surface area contributed by atoms with Crippen molar-refractivity contribution in [2.75, 3.05) is 0 Å². The predicted molar refractivity (Wildman–Crippen MR) is 82.5 cm³/mol. The van der Waals surface area contributed by atoms with Crippen molar-refractivity contribution in [3.05, 3.63) is 65.3 Å². The standard InChI is InChI=1S/C16H13FN4O2/c1-10-2-7-15(23-10)13-8-14(20-19-13)16(22)21-18-9-11-3-5-12(17)6-4-11/h2-9H,1H3,(H,19,20)(H,21,22)/b18-9-. The minimum Gasteiger partial charge on any atom is -0.460 e. The number of hydrogen-bond acceptors (Lipinski definition) is 4. The molecule has 116 valence electrons. The van der Waals surface area contributed by atoms with Crippen LogP contribution in [-0.2, 0) is 0 Å². The molecule has 2 N–H and O–H groups in total. The third kappa shape index (κ3) is 3.52. The fraction of sp³-hybridized carbons (Fsp3) is 0.0625. The van der Waals surface area contributed by atoms with Gasteiger partial charge >= 0.3 is 0 Å². The molecule has 7 heteroatoms. The van der Waals surface area contributed by atoms with Gasteiger partial charge in [-0.25, -0.2) is 9.82 Å². The zero-order valence-electron chi connectivity index (χ0n) is 12.2. The molecule has 0 radical (unpaired) electrons. The van der Waals surface area contributed by atoms with E-state index in [1.807, 2.05) is 13.0 Å². The number of furan rings is 1. The molecule has 3 aromatic rings. The number of aromatic nitrogens is 2. The average Bonchev–Trinajstić information content (AvgIpc) is 3.18. The fourth-order valence-electron chi connectivity index (χ4n) is 1.92. The number of aromatic amines is 1. The molecule has 0 saturated heterocycles. The summed E-state index contributed by atoms with van der Waals surface area (Å²) in [5.41, 5.74) is 3.81. The van der Waals surface area contributed by atoms with Crippen molar-refractivity contribution in [1.82, 2.24) is 15.6 Å². The Kier molecular flexibility index (Phi) is 4.01. The quantitative estimate of drug-likeness (QED) is 0.574. The van der Waals surface area contributed by atoms with Gasteiger partial charge in [-0.3, -0.25) is 9.89 Å². The summed E-state index contributed by atoms with van der Waals surface area (Å²) in [6.45, 7) is 1.83. The van der Waals surface area contributed by atoms with E-state index in [-0.39, 0.29) is 11.5 Å². The molecule has 0 fully saturated rings. The van der Waals surface area contributed by atoms with Crippen LogP contribution in [0.4, 0.5) is 4.39 Å². The van der Waals surface area contributed by atoms with E-state index in [4.69, 9.17) is 4.42 Å². The maximum Gasteiger partial charge on any atom is 0.291 e. The fourth-order valence-corrected chi connectivity index (χ4v) is 1.92. The largest absolute Gasteiger partial charge is 0.460 e. The highest BCUT2D eigenvalue weighted by Gasteiger charge is 2.12. The first-order chi connectivity index (χ1) is 11.1. The van der Waals surface area contributed by atoms with Gasteiger partial charge in [0.05, 0.1) is 6.21 Å². The van der Waals surface area contributed by atoms with Gasteiger partial charge in [0.15, 0.2) is 11.5 Å². The Morgan fingerprint density at radius 1 is 1.30 bits per heavy atom. The van der Waals surface area contributed by atoms with E-state index < -0.39 is 5.91 Å². The number of hydrogen-bond donors (Lipinski definition) is 2. The number of hydrazone groups is 1. The van der Waals surface area contributed by atoms with E-state index >= 15 is 0 Å². The molecule has 1 aromatic carbocycles. The number of aryl methyl sites for hydroxylation is 1. The second kappa shape index (κ2) is 6.27. The van der Waals surface area contributed by atoms with Crippen molar-refractivity contribution in [1.29, 1.82) is 0 Å². The molecule has 2 aromatic heterocycles. The minimum atomic E-state index is -0.464. The van der Waals surface area contributed by atoms with Gasteiger partial charge in [-0.15, -0.1) is 0 Å². The molecule has 2 heterocycles. The monoisotopic (exact) mass is 312 g/mol. The van der Waals surface area contributed by atoms with E-state index in [2.05, 4.69) is 20.7 Å². The van der Waals surface area contributed by atoms with E-state index in [0.29, 0.717) is 17.0 Å². The summed E-state index contributed by atoms with van der Waals surface area (Å²) in [5, 5.41) is 10.5. The number of amides is 1. The normalized spacial score (nSPS) is 11.0. The third-order valence-electron chi connectivity index (χ3n) is 3.07. The smallest absolute Gasteiger partial charge is 0.291 e. The lowest BCUT2D eigenvalue weighted by molar-refractivity contribution is 0.0950. The second-order valence-electron chi connectivity index (χ2n) is 4.83. The summed E-state index contributed by atoms with van der Waals surface area (Å²) < 4.78 is 18.2. The zero-order valence-corrected chi connectivity index (χ0v) is 12.2. The Morgan fingerprint density at radius 3 is 2.78 bits per heavy atom. The molecule has 0 aliphatic rings. The Hall–Kier alpha value is -3.22. The number of rotatable bonds is 4. The maximum atomic E-state index is 12.8. The molecule has 6 nitrogen and oxygen atoms in total. The first kappa shape index (κ1) is 14.7. The van der Waals surface area contributed by atoms with Crippen LogP contribution in [0.3, 0.4) is 0 Å². The molecule has 0 bridgehead atoms. The van der Waals surface area contributed by atoms with Crippen molar-refractivity contribution < 1.29 is 13.6 Å². The Morgan fingerprint density at radius 2 is 2.09 bits per heavy atom. The van der Waals surface area contributed by atoms with Gasteiger partial charge in [-0.1, -0.05) is 12.1 Å². The number of nitrogens with one attached hydrogen (secondary N) is 2. The lowest BCUT2D eigenvalue weighted by Crippen LogP contribution is -2.17. The lowest BCUT2D eigenvalue weighted by atomic mass is 10.2. The number of carbonyl (C=O) groups excluding carboxylic acids is 1. The second-order valence-corrected chi connectivity index (χ2v) is 4.83. The first-order valence-electron chi connectivity index (χ1n) is 6.83. The van der Waals surface area contributed by atoms with Crippen molar-refractivity contribution in [3.63, 3.8) is 0 Å². The van der Waals surface area contributed by atoms with Crippen LogP contribution in [0, 0.1) is 12.7 Å². The number of halogens is 1. The molecule has 0 spiro atoms. The van der Waals surface area contributed by atoms with Gasteiger partial charge in [0.2, 0.25) is 0 Å². The first-order valence-corrected chi connectivity index (χ1v) is 6.83. The summed E-state index contributed by atoms with van der Waals surface area (Å²) in [7, 11) is 0. The number of nitrogens with zero attached hydrogens (tertiary/aromatic N) is 2. The third-order valence-corrected chi connectivity index (χ3v) is 3.07. The topological polar surface area (TPSA) is 83.3 Å². The van der Waals surface area contributed by atoms with Crippen LogP contribution >= 0.6 is 0 Å². The number of benzene rings is 1.